The van der Waals surface area contributed by atoms with E-state index in [4.69, 9.17) is 9.47 Å². The van der Waals surface area contributed by atoms with Gasteiger partial charge in [-0.1, -0.05) is 13.0 Å². The molecule has 2 aromatic carbocycles. The molecule has 1 saturated heterocycles. The Balaban J connectivity index is 1.03. The van der Waals surface area contributed by atoms with Gasteiger partial charge in [-0.15, -0.1) is 13.2 Å². The number of fused-ring (bicyclic) bond motifs is 4. The normalized spacial score (nSPS) is 22.4. The van der Waals surface area contributed by atoms with Crippen LogP contribution in [0.25, 0.3) is 0 Å². The summed E-state index contributed by atoms with van der Waals surface area (Å²) in [5.41, 5.74) is 2.14. The quantitative estimate of drug-likeness (QED) is 0.380. The fraction of sp³-hybridized carbons (Fsp3) is 0.406. The van der Waals surface area contributed by atoms with Gasteiger partial charge in [-0.2, -0.15) is 0 Å². The lowest BCUT2D eigenvalue weighted by Gasteiger charge is -2.34. The molecule has 7 rings (SSSR count). The number of piperazine rings is 1. The van der Waals surface area contributed by atoms with E-state index >= 15 is 0 Å². The summed E-state index contributed by atoms with van der Waals surface area (Å²) in [6.07, 6.45) is -2.73. The van der Waals surface area contributed by atoms with Crippen molar-refractivity contribution in [3.05, 3.63) is 70.9 Å². The standard InChI is InChI=1S/C32H32F3N5O5/c1-2-39-11-13-40(14-12-39)17-19-4-3-18(15-25(19)45-32(33,34)35)31(42)38-28-27-22-16-20(5-7-23(22)44-29(27)28)43-24-9-10-36-30-21(24)6-8-26(41)37-30/h3-5,7,9-10,15-16,27-29H,2,6,8,11-14,17H2,1H3,(H,38,42)(H,36,37,41)/t27-,28+,29-/m0/s1. The molecule has 236 valence electrons. The van der Waals surface area contributed by atoms with Crippen LogP contribution >= 0.6 is 0 Å². The van der Waals surface area contributed by atoms with E-state index in [1.165, 1.54) is 12.1 Å². The number of carbonyl (C=O) groups is 2. The summed E-state index contributed by atoms with van der Waals surface area (Å²) in [4.78, 5) is 33.6. The molecule has 1 aromatic heterocycles. The number of alkyl halides is 3. The second kappa shape index (κ2) is 11.5. The van der Waals surface area contributed by atoms with Gasteiger partial charge >= 0.3 is 6.36 Å². The van der Waals surface area contributed by atoms with Crippen molar-refractivity contribution in [2.45, 2.75) is 50.7 Å². The molecular formula is C32H32F3N5O5. The number of amides is 2. The largest absolute Gasteiger partial charge is 0.573 e. The minimum Gasteiger partial charge on any atom is -0.487 e. The lowest BCUT2D eigenvalue weighted by Crippen LogP contribution is -2.45. The van der Waals surface area contributed by atoms with Crippen LogP contribution in [0.3, 0.4) is 0 Å². The number of likely N-dealkylation sites (N-methyl/N-ethyl adjacent to an activating group) is 1. The van der Waals surface area contributed by atoms with E-state index in [1.54, 1.807) is 18.3 Å². The average Bonchev–Trinajstić information content (AvgIpc) is 3.53. The van der Waals surface area contributed by atoms with Gasteiger partial charge in [0, 0.05) is 67.6 Å². The number of hydrogen-bond donors (Lipinski definition) is 2. The third kappa shape index (κ3) is 6.14. The molecule has 0 unspecified atom stereocenters. The zero-order chi connectivity index (χ0) is 31.3. The highest BCUT2D eigenvalue weighted by Crippen LogP contribution is 2.54. The van der Waals surface area contributed by atoms with E-state index in [1.807, 2.05) is 12.1 Å². The second-order valence-electron chi connectivity index (χ2n) is 11.7. The van der Waals surface area contributed by atoms with Gasteiger partial charge in [0.25, 0.3) is 5.91 Å². The van der Waals surface area contributed by atoms with Crippen molar-refractivity contribution in [1.29, 1.82) is 0 Å². The number of hydrogen-bond acceptors (Lipinski definition) is 8. The van der Waals surface area contributed by atoms with Crippen LogP contribution in [0.1, 0.15) is 46.3 Å². The predicted molar refractivity (Wildman–Crippen MR) is 157 cm³/mol. The van der Waals surface area contributed by atoms with Crippen LogP contribution in [0.15, 0.2) is 48.7 Å². The molecule has 10 nitrogen and oxygen atoms in total. The minimum atomic E-state index is -4.89. The van der Waals surface area contributed by atoms with Crippen molar-refractivity contribution in [2.24, 2.45) is 0 Å². The highest BCUT2D eigenvalue weighted by Gasteiger charge is 2.59. The number of rotatable bonds is 8. The van der Waals surface area contributed by atoms with Gasteiger partial charge in [-0.25, -0.2) is 4.98 Å². The fourth-order valence-corrected chi connectivity index (χ4v) is 6.34. The average molecular weight is 624 g/mol. The minimum absolute atomic E-state index is 0.0747. The van der Waals surface area contributed by atoms with Gasteiger partial charge in [-0.05, 0) is 49.4 Å². The smallest absolute Gasteiger partial charge is 0.487 e. The van der Waals surface area contributed by atoms with E-state index in [-0.39, 0.29) is 35.3 Å². The van der Waals surface area contributed by atoms with Crippen LogP contribution in [0.4, 0.5) is 19.0 Å². The van der Waals surface area contributed by atoms with Gasteiger partial charge in [0.2, 0.25) is 5.91 Å². The summed E-state index contributed by atoms with van der Waals surface area (Å²) >= 11 is 0. The van der Waals surface area contributed by atoms with Crippen LogP contribution in [-0.2, 0) is 17.8 Å². The van der Waals surface area contributed by atoms with E-state index in [2.05, 4.69) is 37.1 Å². The first-order chi connectivity index (χ1) is 21.6. The first kappa shape index (κ1) is 29.4. The number of halogens is 3. The van der Waals surface area contributed by atoms with Crippen LogP contribution in [-0.4, -0.2) is 77.8 Å². The van der Waals surface area contributed by atoms with Crippen molar-refractivity contribution in [1.82, 2.24) is 20.1 Å². The predicted octanol–water partition coefficient (Wildman–Crippen LogP) is 4.45. The molecule has 1 aliphatic carbocycles. The monoisotopic (exact) mass is 623 g/mol. The number of carbonyl (C=O) groups excluding carboxylic acids is 2. The van der Waals surface area contributed by atoms with Crippen molar-refractivity contribution in [3.8, 4) is 23.0 Å². The molecule has 3 aliphatic heterocycles. The summed E-state index contributed by atoms with van der Waals surface area (Å²) in [6, 6.07) is 11.1. The van der Waals surface area contributed by atoms with Crippen molar-refractivity contribution in [2.75, 3.05) is 38.0 Å². The Morgan fingerprint density at radius 2 is 1.87 bits per heavy atom. The topological polar surface area (TPSA) is 105 Å². The maximum Gasteiger partial charge on any atom is 0.573 e. The molecule has 2 N–H and O–H groups in total. The third-order valence-electron chi connectivity index (χ3n) is 8.82. The van der Waals surface area contributed by atoms with E-state index in [0.29, 0.717) is 48.0 Å². The van der Waals surface area contributed by atoms with Crippen molar-refractivity contribution in [3.63, 3.8) is 0 Å². The van der Waals surface area contributed by atoms with E-state index in [0.717, 1.165) is 49.9 Å². The molecule has 2 fully saturated rings. The highest BCUT2D eigenvalue weighted by atomic mass is 19.4. The summed E-state index contributed by atoms with van der Waals surface area (Å²) < 4.78 is 56.6. The molecule has 13 heteroatoms. The third-order valence-corrected chi connectivity index (χ3v) is 8.82. The maximum atomic E-state index is 13.3. The Labute approximate surface area is 257 Å². The first-order valence-electron chi connectivity index (χ1n) is 15.1. The lowest BCUT2D eigenvalue weighted by molar-refractivity contribution is -0.275. The van der Waals surface area contributed by atoms with E-state index < -0.39 is 12.3 Å². The van der Waals surface area contributed by atoms with Crippen LogP contribution in [0.2, 0.25) is 0 Å². The first-order valence-corrected chi connectivity index (χ1v) is 15.1. The summed E-state index contributed by atoms with van der Waals surface area (Å²) in [5.74, 6) is 1.26. The number of nitrogens with one attached hydrogen (secondary N) is 2. The number of pyridine rings is 1. The molecule has 2 amide bonds. The molecule has 3 atom stereocenters. The van der Waals surface area contributed by atoms with Gasteiger partial charge < -0.3 is 29.7 Å². The number of ether oxygens (including phenoxy) is 3. The van der Waals surface area contributed by atoms with Gasteiger partial charge in [0.15, 0.2) is 0 Å². The Bertz CT molecular complexity index is 1640. The summed E-state index contributed by atoms with van der Waals surface area (Å²) in [5, 5.41) is 5.68. The molecule has 4 heterocycles. The number of benzene rings is 2. The molecule has 0 bridgehead atoms. The maximum absolute atomic E-state index is 13.3. The number of aromatic nitrogens is 1. The summed E-state index contributed by atoms with van der Waals surface area (Å²) in [7, 11) is 0. The molecule has 3 aromatic rings. The Morgan fingerprint density at radius 3 is 2.64 bits per heavy atom. The van der Waals surface area contributed by atoms with Gasteiger partial charge in [-0.3, -0.25) is 14.5 Å². The van der Waals surface area contributed by atoms with Gasteiger partial charge in [0.05, 0.1) is 12.0 Å². The van der Waals surface area contributed by atoms with Gasteiger partial charge in [0.1, 0.15) is 34.9 Å². The molecular weight excluding hydrogens is 591 g/mol. The lowest BCUT2D eigenvalue weighted by atomic mass is 10.1. The molecule has 4 aliphatic rings. The van der Waals surface area contributed by atoms with Crippen LogP contribution < -0.4 is 24.8 Å². The second-order valence-corrected chi connectivity index (χ2v) is 11.7. The van der Waals surface area contributed by atoms with E-state index in [9.17, 15) is 22.8 Å². The SMILES string of the molecule is CCN1CCN(Cc2ccc(C(=O)N[C@H]3[C@H]4Oc5ccc(Oc6ccnc7c6CCC(=O)N7)cc5[C@@H]34)cc2OC(F)(F)F)CC1. The van der Waals surface area contributed by atoms with Crippen molar-refractivity contribution < 1.29 is 37.0 Å². The molecule has 0 radical (unpaired) electrons. The molecule has 45 heavy (non-hydrogen) atoms. The Kier molecular flexibility index (Phi) is 7.52. The van der Waals surface area contributed by atoms with Crippen LogP contribution in [0, 0.1) is 0 Å². The number of nitrogens with zero attached hydrogens (tertiary/aromatic N) is 3. The Morgan fingerprint density at radius 1 is 1.07 bits per heavy atom. The van der Waals surface area contributed by atoms with Crippen molar-refractivity contribution >= 4 is 17.6 Å². The summed E-state index contributed by atoms with van der Waals surface area (Å²) in [6.45, 7) is 6.49. The number of anilines is 1. The zero-order valence-electron chi connectivity index (χ0n) is 24.5. The van der Waals surface area contributed by atoms with Crippen LogP contribution in [0.5, 0.6) is 23.0 Å². The Hall–Kier alpha value is -4.36. The molecule has 0 spiro atoms. The fourth-order valence-electron chi connectivity index (χ4n) is 6.34. The molecule has 1 saturated carbocycles. The zero-order valence-corrected chi connectivity index (χ0v) is 24.5. The highest BCUT2D eigenvalue weighted by molar-refractivity contribution is 5.95.